The number of hydrogen-bond donors (Lipinski definition) is 3. The molecule has 2 aromatic carbocycles. The second-order valence-corrected chi connectivity index (χ2v) is 11.3. The van der Waals surface area contributed by atoms with Crippen molar-refractivity contribution in [3.8, 4) is 11.5 Å². The molecule has 40 heavy (non-hydrogen) atoms. The van der Waals surface area contributed by atoms with E-state index in [0.29, 0.717) is 24.1 Å². The first-order chi connectivity index (χ1) is 18.8. The molecule has 0 unspecified atom stereocenters. The Labute approximate surface area is 231 Å². The highest BCUT2D eigenvalue weighted by Crippen LogP contribution is 2.52. The predicted octanol–water partition coefficient (Wildman–Crippen LogP) is 5.28. The van der Waals surface area contributed by atoms with Gasteiger partial charge in [0, 0.05) is 35.7 Å². The fourth-order valence-corrected chi connectivity index (χ4v) is 5.09. The lowest BCUT2D eigenvalue weighted by atomic mass is 9.92. The maximum Gasteiger partial charge on any atom is 0.586 e. The molecule has 1 aliphatic carbocycles. The number of anilines is 1. The average molecular weight is 560 g/mol. The number of amides is 2. The number of aliphatic hydroxyl groups excluding tert-OH is 1. The first kappa shape index (κ1) is 27.7. The zero-order valence-electron chi connectivity index (χ0n) is 22.8. The summed E-state index contributed by atoms with van der Waals surface area (Å²) in [5.74, 6) is -0.372. The van der Waals surface area contributed by atoms with Gasteiger partial charge in [-0.25, -0.2) is 4.79 Å². The van der Waals surface area contributed by atoms with E-state index in [2.05, 4.69) is 40.9 Å². The molecule has 216 valence electrons. The lowest BCUT2D eigenvalue weighted by Gasteiger charge is -2.24. The monoisotopic (exact) mass is 559 g/mol. The number of fused-ring (bicyclic) bond motifs is 2. The van der Waals surface area contributed by atoms with Crippen LogP contribution in [0.15, 0.2) is 42.5 Å². The molecule has 1 fully saturated rings. The first-order valence-corrected chi connectivity index (χ1v) is 13.3. The number of aromatic nitrogens is 1. The molecule has 0 bridgehead atoms. The summed E-state index contributed by atoms with van der Waals surface area (Å²) in [6, 6.07) is 12.1. The van der Waals surface area contributed by atoms with Crippen LogP contribution in [0, 0.1) is 0 Å². The van der Waals surface area contributed by atoms with E-state index in [9.17, 15) is 23.5 Å². The van der Waals surface area contributed by atoms with Crippen LogP contribution >= 0.6 is 0 Å². The topological polar surface area (TPSA) is 111 Å². The van der Waals surface area contributed by atoms with Crippen LogP contribution in [0.4, 0.5) is 19.3 Å². The number of ether oxygens (including phenoxy) is 3. The molecule has 5 rings (SSSR count). The average Bonchev–Trinajstić information content (AvgIpc) is 3.51. The quantitative estimate of drug-likeness (QED) is 0.346. The van der Waals surface area contributed by atoms with Crippen molar-refractivity contribution in [1.29, 1.82) is 0 Å². The number of alkyl halides is 2. The Hall–Kier alpha value is -3.86. The standard InChI is InChI=1S/C29H33F2N3O6.H2/c1-5-38-26(37)32-15-20(35)16-34-21-8-7-19(12-17(21)13-24(34)27(2,3)4)33-25(36)28(10-11-28)18-6-9-22-23(14-18)40-29(30,31)39-22;/h6-9,12-14,20,35H,5,10-11,15-16H2,1-4H3,(H,32,37)(H,33,36);1H/t20-;/m0./s1. The molecule has 1 saturated carbocycles. The summed E-state index contributed by atoms with van der Waals surface area (Å²) in [6.07, 6.45) is -3.98. The van der Waals surface area contributed by atoms with Crippen LogP contribution in [0.2, 0.25) is 0 Å². The minimum absolute atomic E-state index is 0. The van der Waals surface area contributed by atoms with Gasteiger partial charge in [0.25, 0.3) is 0 Å². The van der Waals surface area contributed by atoms with Gasteiger partial charge in [-0.15, -0.1) is 8.78 Å². The highest BCUT2D eigenvalue weighted by Gasteiger charge is 2.52. The Balaban J connectivity index is 0.00000387. The van der Waals surface area contributed by atoms with E-state index < -0.39 is 23.9 Å². The van der Waals surface area contributed by atoms with Crippen molar-refractivity contribution in [2.45, 2.75) is 70.3 Å². The van der Waals surface area contributed by atoms with Crippen molar-refractivity contribution in [3.05, 3.63) is 53.7 Å². The van der Waals surface area contributed by atoms with Gasteiger partial charge >= 0.3 is 12.4 Å². The normalized spacial score (nSPS) is 17.4. The van der Waals surface area contributed by atoms with Crippen LogP contribution in [-0.4, -0.2) is 47.2 Å². The number of hydrogen-bond acceptors (Lipinski definition) is 6. The summed E-state index contributed by atoms with van der Waals surface area (Å²) in [5.41, 5.74) is 1.97. The van der Waals surface area contributed by atoms with Gasteiger partial charge in [-0.1, -0.05) is 26.8 Å². The van der Waals surface area contributed by atoms with Crippen molar-refractivity contribution in [2.24, 2.45) is 0 Å². The predicted molar refractivity (Wildman–Crippen MR) is 146 cm³/mol. The molecule has 1 aromatic heterocycles. The third-order valence-electron chi connectivity index (χ3n) is 7.22. The highest BCUT2D eigenvalue weighted by molar-refractivity contribution is 6.02. The van der Waals surface area contributed by atoms with Crippen molar-refractivity contribution >= 4 is 28.6 Å². The van der Waals surface area contributed by atoms with Crippen molar-refractivity contribution in [3.63, 3.8) is 0 Å². The Morgan fingerprint density at radius 3 is 2.52 bits per heavy atom. The molecule has 1 aliphatic heterocycles. The van der Waals surface area contributed by atoms with Crippen LogP contribution in [0.3, 0.4) is 0 Å². The summed E-state index contributed by atoms with van der Waals surface area (Å²) < 4.78 is 42.9. The molecule has 2 aliphatic rings. The number of carbonyl (C=O) groups excluding carboxylic acids is 2. The molecule has 1 atom stereocenters. The van der Waals surface area contributed by atoms with Crippen LogP contribution in [-0.2, 0) is 26.9 Å². The van der Waals surface area contributed by atoms with Crippen molar-refractivity contribution in [2.75, 3.05) is 18.5 Å². The molecule has 3 N–H and O–H groups in total. The number of alkyl carbamates (subject to hydrolysis) is 1. The largest absolute Gasteiger partial charge is 0.586 e. The zero-order chi connectivity index (χ0) is 28.9. The number of benzene rings is 2. The van der Waals surface area contributed by atoms with Crippen LogP contribution in [0.1, 0.15) is 53.2 Å². The molecule has 2 heterocycles. The molecule has 11 heteroatoms. The SMILES string of the molecule is CCOC(=O)NC[C@H](O)Cn1c(C(C)(C)C)cc2cc(NC(=O)C3(c4ccc5c(c4)OC(F)(F)O5)CC3)ccc21.[HH]. The zero-order valence-corrected chi connectivity index (χ0v) is 22.8. The van der Waals surface area contributed by atoms with Gasteiger partial charge in [0.05, 0.1) is 24.7 Å². The van der Waals surface area contributed by atoms with E-state index in [-0.39, 0.29) is 43.9 Å². The number of nitrogens with one attached hydrogen (secondary N) is 2. The molecule has 0 saturated heterocycles. The molecule has 2 amide bonds. The first-order valence-electron chi connectivity index (χ1n) is 13.3. The lowest BCUT2D eigenvalue weighted by Crippen LogP contribution is -2.35. The molecule has 0 radical (unpaired) electrons. The molecular formula is C29H35F2N3O6. The van der Waals surface area contributed by atoms with Gasteiger partial charge in [-0.05, 0) is 61.7 Å². The van der Waals surface area contributed by atoms with Crippen LogP contribution in [0.5, 0.6) is 11.5 Å². The van der Waals surface area contributed by atoms with Gasteiger partial charge in [-0.3, -0.25) is 4.79 Å². The Kier molecular flexibility index (Phi) is 6.89. The maximum absolute atomic E-state index is 13.5. The third-order valence-corrected chi connectivity index (χ3v) is 7.22. The lowest BCUT2D eigenvalue weighted by molar-refractivity contribution is -0.286. The number of carbonyl (C=O) groups is 2. The Morgan fingerprint density at radius 2 is 1.85 bits per heavy atom. The summed E-state index contributed by atoms with van der Waals surface area (Å²) >= 11 is 0. The summed E-state index contributed by atoms with van der Waals surface area (Å²) in [5, 5.41) is 17.1. The fourth-order valence-electron chi connectivity index (χ4n) is 5.09. The van der Waals surface area contributed by atoms with E-state index in [1.54, 1.807) is 19.1 Å². The van der Waals surface area contributed by atoms with Crippen LogP contribution < -0.4 is 20.1 Å². The summed E-state index contributed by atoms with van der Waals surface area (Å²) in [4.78, 5) is 25.0. The summed E-state index contributed by atoms with van der Waals surface area (Å²) in [6.45, 7) is 8.45. The van der Waals surface area contributed by atoms with Gasteiger partial charge in [0.15, 0.2) is 11.5 Å². The number of nitrogens with zero attached hydrogens (tertiary/aromatic N) is 1. The second kappa shape index (κ2) is 9.96. The number of rotatable bonds is 8. The van der Waals surface area contributed by atoms with E-state index in [0.717, 1.165) is 16.6 Å². The van der Waals surface area contributed by atoms with Gasteiger partial charge in [-0.2, -0.15) is 0 Å². The third kappa shape index (κ3) is 5.42. The van der Waals surface area contributed by atoms with Gasteiger partial charge in [0.1, 0.15) is 0 Å². The minimum Gasteiger partial charge on any atom is -0.450 e. The Morgan fingerprint density at radius 1 is 1.12 bits per heavy atom. The minimum atomic E-state index is -3.72. The van der Waals surface area contributed by atoms with E-state index in [4.69, 9.17) is 4.74 Å². The van der Waals surface area contributed by atoms with Crippen molar-refractivity contribution < 1.29 is 39.1 Å². The number of halogens is 2. The number of aliphatic hydroxyl groups is 1. The van der Waals surface area contributed by atoms with E-state index >= 15 is 0 Å². The van der Waals surface area contributed by atoms with Gasteiger partial charge in [0.2, 0.25) is 5.91 Å². The van der Waals surface area contributed by atoms with Crippen molar-refractivity contribution in [1.82, 2.24) is 9.88 Å². The Bertz CT molecular complexity index is 1460. The van der Waals surface area contributed by atoms with Crippen LogP contribution in [0.25, 0.3) is 10.9 Å². The molecule has 3 aromatic rings. The van der Waals surface area contributed by atoms with Gasteiger partial charge < -0.3 is 34.5 Å². The second-order valence-electron chi connectivity index (χ2n) is 11.3. The molecule has 0 spiro atoms. The fraction of sp³-hybridized carbons (Fsp3) is 0.448. The smallest absolute Gasteiger partial charge is 0.450 e. The summed E-state index contributed by atoms with van der Waals surface area (Å²) in [7, 11) is 0. The maximum atomic E-state index is 13.5. The van der Waals surface area contributed by atoms with E-state index in [1.807, 2.05) is 22.8 Å². The van der Waals surface area contributed by atoms with E-state index in [1.165, 1.54) is 12.1 Å². The highest BCUT2D eigenvalue weighted by atomic mass is 19.3. The molecule has 9 nitrogen and oxygen atoms in total. The molecular weight excluding hydrogens is 524 g/mol.